The zero-order chi connectivity index (χ0) is 29.3. The molecule has 0 fully saturated rings. The molecule has 42 heavy (non-hydrogen) atoms. The van der Waals surface area contributed by atoms with Crippen LogP contribution in [0.25, 0.3) is 20.4 Å². The van der Waals surface area contributed by atoms with Crippen LogP contribution in [0.15, 0.2) is 103 Å². The number of thioether (sulfide) groups is 1. The Kier molecular flexibility index (Phi) is 8.13. The standard InChI is InChI=1S/C32H26N4O2S4/c1-32(2,3)22-11-8-20(9-12-22)19-39-30-34-25-14-13-23(17-29(25)42-30)33-18-21-10-15-28(26(16-21)36(37)38)41-31-35-24-6-4-5-7-27(24)40-31/h4-18H,19H2,1-3H3. The van der Waals surface area contributed by atoms with Crippen molar-refractivity contribution in [1.29, 1.82) is 0 Å². The molecule has 6 nitrogen and oxygen atoms in total. The third-order valence-corrected chi connectivity index (χ3v) is 10.9. The van der Waals surface area contributed by atoms with Crippen LogP contribution in [0.2, 0.25) is 0 Å². The number of rotatable bonds is 8. The molecular weight excluding hydrogens is 601 g/mol. The number of hydrogen-bond donors (Lipinski definition) is 0. The Morgan fingerprint density at radius 2 is 1.62 bits per heavy atom. The van der Waals surface area contributed by atoms with Crippen LogP contribution >= 0.6 is 46.2 Å². The van der Waals surface area contributed by atoms with Gasteiger partial charge in [0.15, 0.2) is 8.68 Å². The smallest absolute Gasteiger partial charge is 0.258 e. The second-order valence-electron chi connectivity index (χ2n) is 10.7. The Balaban J connectivity index is 1.15. The molecule has 0 amide bonds. The molecule has 10 heteroatoms. The van der Waals surface area contributed by atoms with E-state index in [1.807, 2.05) is 48.5 Å². The van der Waals surface area contributed by atoms with Gasteiger partial charge in [-0.2, -0.15) is 0 Å². The lowest BCUT2D eigenvalue weighted by Gasteiger charge is -2.19. The van der Waals surface area contributed by atoms with E-state index < -0.39 is 0 Å². The van der Waals surface area contributed by atoms with Gasteiger partial charge in [-0.25, -0.2) is 9.97 Å². The predicted octanol–water partition coefficient (Wildman–Crippen LogP) is 10.3. The summed E-state index contributed by atoms with van der Waals surface area (Å²) in [6.07, 6.45) is 1.66. The van der Waals surface area contributed by atoms with E-state index in [1.54, 1.807) is 41.4 Å². The third kappa shape index (κ3) is 6.57. The fourth-order valence-electron chi connectivity index (χ4n) is 4.26. The van der Waals surface area contributed by atoms with Gasteiger partial charge < -0.3 is 0 Å². The first-order valence-corrected chi connectivity index (χ1v) is 16.6. The van der Waals surface area contributed by atoms with Crippen LogP contribution in [0.4, 0.5) is 11.4 Å². The van der Waals surface area contributed by atoms with Gasteiger partial charge in [-0.15, -0.1) is 22.7 Å². The number of nitrogens with zero attached hydrogens (tertiary/aromatic N) is 4. The summed E-state index contributed by atoms with van der Waals surface area (Å²) in [5.41, 5.74) is 6.06. The van der Waals surface area contributed by atoms with Crippen molar-refractivity contribution in [3.63, 3.8) is 0 Å². The molecular formula is C32H26N4O2S4. The lowest BCUT2D eigenvalue weighted by atomic mass is 9.87. The van der Waals surface area contributed by atoms with Crippen molar-refractivity contribution in [3.8, 4) is 0 Å². The molecule has 210 valence electrons. The summed E-state index contributed by atoms with van der Waals surface area (Å²) >= 11 is 6.23. The average molecular weight is 627 g/mol. The number of aliphatic imine (C=N–C) groups is 1. The minimum atomic E-state index is -0.353. The number of nitro groups is 1. The van der Waals surface area contributed by atoms with Gasteiger partial charge >= 0.3 is 0 Å². The normalized spacial score (nSPS) is 12.1. The average Bonchev–Trinajstić information content (AvgIpc) is 3.58. The van der Waals surface area contributed by atoms with E-state index in [9.17, 15) is 10.1 Å². The Morgan fingerprint density at radius 3 is 2.38 bits per heavy atom. The minimum Gasteiger partial charge on any atom is -0.258 e. The largest absolute Gasteiger partial charge is 0.283 e. The van der Waals surface area contributed by atoms with Crippen molar-refractivity contribution in [1.82, 2.24) is 9.97 Å². The van der Waals surface area contributed by atoms with Crippen LogP contribution < -0.4 is 0 Å². The first-order valence-electron chi connectivity index (χ1n) is 13.2. The van der Waals surface area contributed by atoms with E-state index in [1.165, 1.54) is 34.2 Å². The summed E-state index contributed by atoms with van der Waals surface area (Å²) in [5, 5.41) is 11.9. The first-order chi connectivity index (χ1) is 20.2. The van der Waals surface area contributed by atoms with Crippen LogP contribution in [0.5, 0.6) is 0 Å². The monoisotopic (exact) mass is 626 g/mol. The highest BCUT2D eigenvalue weighted by Gasteiger charge is 2.18. The zero-order valence-electron chi connectivity index (χ0n) is 23.1. The van der Waals surface area contributed by atoms with Crippen molar-refractivity contribution >= 4 is 84.2 Å². The highest BCUT2D eigenvalue weighted by molar-refractivity contribution is 8.01. The van der Waals surface area contributed by atoms with Gasteiger partial charge in [0.05, 0.1) is 35.9 Å². The van der Waals surface area contributed by atoms with Crippen LogP contribution in [0.3, 0.4) is 0 Å². The number of aromatic nitrogens is 2. The van der Waals surface area contributed by atoms with Gasteiger partial charge in [-0.05, 0) is 58.5 Å². The molecule has 0 atom stereocenters. The van der Waals surface area contributed by atoms with Crippen LogP contribution in [-0.2, 0) is 11.2 Å². The first kappa shape index (κ1) is 28.5. The van der Waals surface area contributed by atoms with Gasteiger partial charge in [0, 0.05) is 18.0 Å². The maximum Gasteiger partial charge on any atom is 0.283 e. The van der Waals surface area contributed by atoms with Crippen LogP contribution in [-0.4, -0.2) is 21.1 Å². The van der Waals surface area contributed by atoms with E-state index in [2.05, 4.69) is 55.0 Å². The highest BCUT2D eigenvalue weighted by Crippen LogP contribution is 2.39. The molecule has 4 aromatic carbocycles. The maximum absolute atomic E-state index is 11.9. The Morgan fingerprint density at radius 1 is 0.881 bits per heavy atom. The minimum absolute atomic E-state index is 0.0378. The fourth-order valence-corrected chi connectivity index (χ4v) is 8.43. The fraction of sp³-hybridized carbons (Fsp3) is 0.156. The van der Waals surface area contributed by atoms with E-state index in [0.29, 0.717) is 10.5 Å². The van der Waals surface area contributed by atoms with Crippen LogP contribution in [0.1, 0.15) is 37.5 Å². The molecule has 0 radical (unpaired) electrons. The summed E-state index contributed by atoms with van der Waals surface area (Å²) in [6.45, 7) is 6.67. The van der Waals surface area contributed by atoms with Crippen molar-refractivity contribution < 1.29 is 4.92 Å². The number of thiazole rings is 2. The molecule has 0 saturated heterocycles. The summed E-state index contributed by atoms with van der Waals surface area (Å²) in [4.78, 5) is 26.1. The topological polar surface area (TPSA) is 81.3 Å². The van der Waals surface area contributed by atoms with E-state index in [-0.39, 0.29) is 16.0 Å². The predicted molar refractivity (Wildman–Crippen MR) is 178 cm³/mol. The lowest BCUT2D eigenvalue weighted by Crippen LogP contribution is -2.10. The molecule has 0 spiro atoms. The van der Waals surface area contributed by atoms with Gasteiger partial charge in [-0.1, -0.05) is 86.8 Å². The number of hydrogen-bond acceptors (Lipinski definition) is 9. The molecule has 0 bridgehead atoms. The summed E-state index contributed by atoms with van der Waals surface area (Å²) in [6, 6.07) is 27.7. The number of fused-ring (bicyclic) bond motifs is 2. The molecule has 0 N–H and O–H groups in total. The molecule has 0 aliphatic carbocycles. The lowest BCUT2D eigenvalue weighted by molar-refractivity contribution is -0.387. The summed E-state index contributed by atoms with van der Waals surface area (Å²) in [5.74, 6) is 0.862. The van der Waals surface area contributed by atoms with E-state index in [4.69, 9.17) is 4.98 Å². The molecule has 0 aliphatic heterocycles. The van der Waals surface area contributed by atoms with Crippen molar-refractivity contribution in [2.24, 2.45) is 4.99 Å². The molecule has 0 saturated carbocycles. The molecule has 2 heterocycles. The maximum atomic E-state index is 11.9. The number of para-hydroxylation sites is 1. The van der Waals surface area contributed by atoms with Crippen molar-refractivity contribution in [3.05, 3.63) is 112 Å². The molecule has 0 unspecified atom stereocenters. The summed E-state index contributed by atoms with van der Waals surface area (Å²) in [7, 11) is 0. The van der Waals surface area contributed by atoms with Gasteiger partial charge in [-0.3, -0.25) is 15.1 Å². The van der Waals surface area contributed by atoms with Crippen LogP contribution in [0, 0.1) is 10.1 Å². The molecule has 0 aliphatic rings. The second kappa shape index (κ2) is 12.0. The third-order valence-electron chi connectivity index (χ3n) is 6.55. The number of nitro benzene ring substituents is 1. The second-order valence-corrected chi connectivity index (χ2v) is 15.2. The molecule has 6 aromatic rings. The van der Waals surface area contributed by atoms with E-state index >= 15 is 0 Å². The number of benzene rings is 4. The molecule has 2 aromatic heterocycles. The Hall–Kier alpha value is -3.57. The molecule has 6 rings (SSSR count). The Labute approximate surface area is 260 Å². The highest BCUT2D eigenvalue weighted by atomic mass is 32.2. The van der Waals surface area contributed by atoms with E-state index in [0.717, 1.165) is 40.6 Å². The quantitative estimate of drug-likeness (QED) is 0.0724. The summed E-state index contributed by atoms with van der Waals surface area (Å²) < 4.78 is 3.90. The van der Waals surface area contributed by atoms with Gasteiger partial charge in [0.25, 0.3) is 5.69 Å². The van der Waals surface area contributed by atoms with Crippen molar-refractivity contribution in [2.75, 3.05) is 0 Å². The SMILES string of the molecule is CC(C)(C)c1ccc(CSc2nc3ccc(N=Cc4ccc(Sc5nc6ccccc6s5)c([N+](=O)[O-])c4)cc3s2)cc1. The van der Waals surface area contributed by atoms with Gasteiger partial charge in [0.2, 0.25) is 0 Å². The Bertz CT molecular complexity index is 1910. The zero-order valence-corrected chi connectivity index (χ0v) is 26.4. The van der Waals surface area contributed by atoms with Gasteiger partial charge in [0.1, 0.15) is 0 Å². The van der Waals surface area contributed by atoms with Crippen molar-refractivity contribution in [2.45, 2.75) is 45.5 Å².